The molecule has 1 aromatic heterocycles. The number of likely N-dealkylation sites (tertiary alicyclic amines) is 1. The minimum absolute atomic E-state index is 0.00519. The summed E-state index contributed by atoms with van der Waals surface area (Å²) in [6.45, 7) is 1.90. The first kappa shape index (κ1) is 18.4. The molecule has 1 spiro atoms. The summed E-state index contributed by atoms with van der Waals surface area (Å²) >= 11 is 0. The third kappa shape index (κ3) is 4.15. The topological polar surface area (TPSA) is 71.5 Å². The van der Waals surface area contributed by atoms with Gasteiger partial charge in [0, 0.05) is 37.0 Å². The fraction of sp³-hybridized carbons (Fsp3) is 0.667. The van der Waals surface area contributed by atoms with Gasteiger partial charge in [-0.2, -0.15) is 0 Å². The number of aromatic nitrogens is 1. The summed E-state index contributed by atoms with van der Waals surface area (Å²) in [5.41, 5.74) is 0.685. The van der Waals surface area contributed by atoms with Gasteiger partial charge in [-0.3, -0.25) is 14.6 Å². The van der Waals surface area contributed by atoms with E-state index in [1.807, 2.05) is 4.90 Å². The minimum atomic E-state index is -0.00519. The van der Waals surface area contributed by atoms with Gasteiger partial charge in [0.25, 0.3) is 5.91 Å². The van der Waals surface area contributed by atoms with Crippen molar-refractivity contribution in [1.29, 1.82) is 0 Å². The third-order valence-corrected chi connectivity index (χ3v) is 6.40. The molecule has 146 valence electrons. The molecule has 4 rings (SSSR count). The highest BCUT2D eigenvalue weighted by molar-refractivity contribution is 5.94. The molecule has 2 saturated heterocycles. The van der Waals surface area contributed by atoms with Crippen molar-refractivity contribution in [3.8, 4) is 0 Å². The first-order valence-electron chi connectivity index (χ1n) is 10.3. The number of rotatable bonds is 3. The maximum Gasteiger partial charge on any atom is 0.253 e. The standard InChI is InChI=1S/C21H29N3O3/c25-19(23-18-14-21(27-15-18)8-2-1-3-9-21)16-6-12-24(13-7-16)20(26)17-4-10-22-11-5-17/h4-5,10-11,16,18H,1-3,6-9,12-15H2,(H,23,25). The van der Waals surface area contributed by atoms with Gasteiger partial charge in [-0.25, -0.2) is 0 Å². The van der Waals surface area contributed by atoms with Crippen molar-refractivity contribution in [3.05, 3.63) is 30.1 Å². The fourth-order valence-electron chi connectivity index (χ4n) is 4.82. The summed E-state index contributed by atoms with van der Waals surface area (Å²) in [5.74, 6) is 0.154. The van der Waals surface area contributed by atoms with Crippen LogP contribution in [0.4, 0.5) is 0 Å². The van der Waals surface area contributed by atoms with Gasteiger partial charge in [0.1, 0.15) is 0 Å². The maximum atomic E-state index is 12.7. The monoisotopic (exact) mass is 371 g/mol. The highest BCUT2D eigenvalue weighted by Crippen LogP contribution is 2.39. The number of hydrogen-bond donors (Lipinski definition) is 1. The predicted molar refractivity (Wildman–Crippen MR) is 101 cm³/mol. The van der Waals surface area contributed by atoms with E-state index < -0.39 is 0 Å². The number of carbonyl (C=O) groups is 2. The van der Waals surface area contributed by atoms with Crippen LogP contribution in [0.1, 0.15) is 61.7 Å². The molecule has 0 radical (unpaired) electrons. The van der Waals surface area contributed by atoms with E-state index in [2.05, 4.69) is 10.3 Å². The molecular formula is C21H29N3O3. The Morgan fingerprint density at radius 2 is 1.81 bits per heavy atom. The van der Waals surface area contributed by atoms with Gasteiger partial charge in [-0.15, -0.1) is 0 Å². The number of nitrogens with one attached hydrogen (secondary N) is 1. The SMILES string of the molecule is O=C(NC1COC2(CCCCC2)C1)C1CCN(C(=O)c2ccncc2)CC1. The van der Waals surface area contributed by atoms with Gasteiger partial charge < -0.3 is 15.0 Å². The van der Waals surface area contributed by atoms with E-state index in [1.54, 1.807) is 24.5 Å². The van der Waals surface area contributed by atoms with Crippen LogP contribution in [0.5, 0.6) is 0 Å². The largest absolute Gasteiger partial charge is 0.373 e. The molecule has 3 aliphatic rings. The van der Waals surface area contributed by atoms with Gasteiger partial charge in [-0.05, 0) is 44.2 Å². The van der Waals surface area contributed by atoms with Crippen molar-refractivity contribution in [1.82, 2.24) is 15.2 Å². The van der Waals surface area contributed by atoms with Crippen molar-refractivity contribution >= 4 is 11.8 Å². The van der Waals surface area contributed by atoms with E-state index in [0.717, 1.165) is 32.1 Å². The van der Waals surface area contributed by atoms with Crippen LogP contribution in [0.25, 0.3) is 0 Å². The molecule has 1 unspecified atom stereocenters. The molecule has 6 nitrogen and oxygen atoms in total. The highest BCUT2D eigenvalue weighted by atomic mass is 16.5. The molecule has 0 aromatic carbocycles. The second-order valence-corrected chi connectivity index (χ2v) is 8.27. The lowest BCUT2D eigenvalue weighted by atomic mass is 9.82. The van der Waals surface area contributed by atoms with Crippen LogP contribution in [0, 0.1) is 5.92 Å². The van der Waals surface area contributed by atoms with Crippen LogP contribution in [0.2, 0.25) is 0 Å². The summed E-state index contributed by atoms with van der Waals surface area (Å²) in [4.78, 5) is 31.0. The zero-order chi connectivity index (χ0) is 18.7. The number of pyridine rings is 1. The summed E-state index contributed by atoms with van der Waals surface area (Å²) < 4.78 is 6.11. The van der Waals surface area contributed by atoms with Crippen LogP contribution in [-0.4, -0.2) is 53.0 Å². The van der Waals surface area contributed by atoms with E-state index in [4.69, 9.17) is 4.74 Å². The number of nitrogens with zero attached hydrogens (tertiary/aromatic N) is 2. The lowest BCUT2D eigenvalue weighted by Crippen LogP contribution is -2.46. The molecule has 2 aliphatic heterocycles. The van der Waals surface area contributed by atoms with Crippen LogP contribution in [0.15, 0.2) is 24.5 Å². The first-order valence-corrected chi connectivity index (χ1v) is 10.3. The van der Waals surface area contributed by atoms with E-state index in [-0.39, 0.29) is 29.4 Å². The van der Waals surface area contributed by atoms with Crippen molar-refractivity contribution in [2.75, 3.05) is 19.7 Å². The Labute approximate surface area is 160 Å². The normalized spacial score (nSPS) is 25.5. The summed E-state index contributed by atoms with van der Waals surface area (Å²) in [6.07, 6.45) is 11.7. The van der Waals surface area contributed by atoms with E-state index in [1.165, 1.54) is 19.3 Å². The quantitative estimate of drug-likeness (QED) is 0.886. The smallest absolute Gasteiger partial charge is 0.253 e. The molecule has 0 bridgehead atoms. The fourth-order valence-corrected chi connectivity index (χ4v) is 4.82. The van der Waals surface area contributed by atoms with E-state index >= 15 is 0 Å². The molecule has 2 amide bonds. The van der Waals surface area contributed by atoms with E-state index in [0.29, 0.717) is 25.3 Å². The van der Waals surface area contributed by atoms with Crippen LogP contribution in [0.3, 0.4) is 0 Å². The molecule has 1 aromatic rings. The molecular weight excluding hydrogens is 342 g/mol. The van der Waals surface area contributed by atoms with Crippen molar-refractivity contribution < 1.29 is 14.3 Å². The Bertz CT molecular complexity index is 665. The van der Waals surface area contributed by atoms with Gasteiger partial charge >= 0.3 is 0 Å². The molecule has 3 fully saturated rings. The zero-order valence-electron chi connectivity index (χ0n) is 15.9. The number of amides is 2. The minimum Gasteiger partial charge on any atom is -0.373 e. The summed E-state index contributed by atoms with van der Waals surface area (Å²) in [6, 6.07) is 3.62. The average Bonchev–Trinajstić information content (AvgIpc) is 3.10. The average molecular weight is 371 g/mol. The third-order valence-electron chi connectivity index (χ3n) is 6.40. The van der Waals surface area contributed by atoms with E-state index in [9.17, 15) is 9.59 Å². The maximum absolute atomic E-state index is 12.7. The molecule has 1 atom stereocenters. The number of hydrogen-bond acceptors (Lipinski definition) is 4. The predicted octanol–water partition coefficient (Wildman–Crippen LogP) is 2.54. The highest BCUT2D eigenvalue weighted by Gasteiger charge is 2.42. The first-order chi connectivity index (χ1) is 13.2. The second-order valence-electron chi connectivity index (χ2n) is 8.27. The number of piperidine rings is 1. The van der Waals surface area contributed by atoms with Gasteiger partial charge in [0.05, 0.1) is 18.2 Å². The summed E-state index contributed by atoms with van der Waals surface area (Å²) in [5, 5.41) is 3.22. The van der Waals surface area contributed by atoms with Crippen LogP contribution >= 0.6 is 0 Å². The molecule has 3 heterocycles. The van der Waals surface area contributed by atoms with Crippen LogP contribution < -0.4 is 5.32 Å². The van der Waals surface area contributed by atoms with Gasteiger partial charge in [0.2, 0.25) is 5.91 Å². The van der Waals surface area contributed by atoms with Crippen molar-refractivity contribution in [2.24, 2.45) is 5.92 Å². The molecule has 6 heteroatoms. The lowest BCUT2D eigenvalue weighted by molar-refractivity contribution is -0.127. The number of carbonyl (C=O) groups excluding carboxylic acids is 2. The van der Waals surface area contributed by atoms with Gasteiger partial charge in [0.15, 0.2) is 0 Å². The zero-order valence-corrected chi connectivity index (χ0v) is 15.9. The van der Waals surface area contributed by atoms with Crippen molar-refractivity contribution in [2.45, 2.75) is 63.0 Å². The molecule has 27 heavy (non-hydrogen) atoms. The Hall–Kier alpha value is -1.95. The summed E-state index contributed by atoms with van der Waals surface area (Å²) in [7, 11) is 0. The van der Waals surface area contributed by atoms with Crippen molar-refractivity contribution in [3.63, 3.8) is 0 Å². The Kier molecular flexibility index (Phi) is 5.43. The Balaban J connectivity index is 1.25. The lowest BCUT2D eigenvalue weighted by Gasteiger charge is -2.33. The Morgan fingerprint density at radius 3 is 2.52 bits per heavy atom. The Morgan fingerprint density at radius 1 is 1.11 bits per heavy atom. The van der Waals surface area contributed by atoms with Crippen LogP contribution in [-0.2, 0) is 9.53 Å². The molecule has 1 aliphatic carbocycles. The second kappa shape index (κ2) is 7.97. The molecule has 1 saturated carbocycles. The molecule has 1 N–H and O–H groups in total. The van der Waals surface area contributed by atoms with Gasteiger partial charge in [-0.1, -0.05) is 19.3 Å². The number of ether oxygens (including phenoxy) is 1.